The topological polar surface area (TPSA) is 22.0 Å². The van der Waals surface area contributed by atoms with Gasteiger partial charge in [0.2, 0.25) is 0 Å². The molecule has 0 atom stereocenters. The second-order valence-corrected chi connectivity index (χ2v) is 6.12. The summed E-state index contributed by atoms with van der Waals surface area (Å²) in [5, 5.41) is 0.890. The van der Waals surface area contributed by atoms with Crippen LogP contribution >= 0.6 is 0 Å². The number of aromatic nitrogens is 1. The summed E-state index contributed by atoms with van der Waals surface area (Å²) in [5.41, 5.74) is 1.74. The molecule has 0 saturated carbocycles. The molecule has 0 aliphatic heterocycles. The summed E-state index contributed by atoms with van der Waals surface area (Å²) in [6, 6.07) is 14.0. The van der Waals surface area contributed by atoms with Gasteiger partial charge in [0.25, 0.3) is 0 Å². The van der Waals surface area contributed by atoms with Crippen LogP contribution < -0.4 is 0 Å². The first-order valence-electron chi connectivity index (χ1n) is 8.59. The van der Waals surface area contributed by atoms with Crippen LogP contribution in [-0.4, -0.2) is 10.4 Å². The lowest BCUT2D eigenvalue weighted by molar-refractivity contribution is 0.103. The average Bonchev–Trinajstić information content (AvgIpc) is 2.98. The standard InChI is InChI=1S/C21H22FNO/c1-2-3-4-9-14-23-15-18(16-10-6-8-13-20(16)23)21(24)17-11-5-7-12-19(17)22/h5-8,10-13,15H,2-4,9,14H2,1H3. The van der Waals surface area contributed by atoms with Crippen LogP contribution in [0.2, 0.25) is 0 Å². The molecular weight excluding hydrogens is 301 g/mol. The van der Waals surface area contributed by atoms with Gasteiger partial charge in [-0.1, -0.05) is 56.5 Å². The van der Waals surface area contributed by atoms with Crippen molar-refractivity contribution in [2.75, 3.05) is 0 Å². The summed E-state index contributed by atoms with van der Waals surface area (Å²) in [7, 11) is 0. The minimum atomic E-state index is -0.470. The Morgan fingerprint density at radius 1 is 0.958 bits per heavy atom. The summed E-state index contributed by atoms with van der Waals surface area (Å²) >= 11 is 0. The zero-order valence-electron chi connectivity index (χ0n) is 14.0. The quantitative estimate of drug-likeness (QED) is 0.410. The van der Waals surface area contributed by atoms with E-state index in [1.54, 1.807) is 18.2 Å². The van der Waals surface area contributed by atoms with E-state index >= 15 is 0 Å². The fourth-order valence-corrected chi connectivity index (χ4v) is 3.11. The molecule has 0 N–H and O–H groups in total. The lowest BCUT2D eigenvalue weighted by atomic mass is 10.0. The number of rotatable bonds is 7. The SMILES string of the molecule is CCCCCCn1cc(C(=O)c2ccccc2F)c2ccccc21. The van der Waals surface area contributed by atoms with Crippen LogP contribution in [0.25, 0.3) is 10.9 Å². The molecule has 0 aliphatic rings. The number of fused-ring (bicyclic) bond motifs is 1. The van der Waals surface area contributed by atoms with Crippen LogP contribution in [0.4, 0.5) is 4.39 Å². The van der Waals surface area contributed by atoms with Crippen LogP contribution in [-0.2, 0) is 6.54 Å². The van der Waals surface area contributed by atoms with Crippen molar-refractivity contribution >= 4 is 16.7 Å². The average molecular weight is 323 g/mol. The lowest BCUT2D eigenvalue weighted by Gasteiger charge is -2.04. The number of hydrogen-bond donors (Lipinski definition) is 0. The van der Waals surface area contributed by atoms with Gasteiger partial charge in [-0.2, -0.15) is 0 Å². The molecule has 2 aromatic carbocycles. The highest BCUT2D eigenvalue weighted by atomic mass is 19.1. The first-order chi connectivity index (χ1) is 11.7. The number of benzene rings is 2. The maximum absolute atomic E-state index is 14.0. The van der Waals surface area contributed by atoms with Crippen molar-refractivity contribution in [3.63, 3.8) is 0 Å². The molecule has 124 valence electrons. The number of nitrogens with zero attached hydrogens (tertiary/aromatic N) is 1. The van der Waals surface area contributed by atoms with Gasteiger partial charge in [0.15, 0.2) is 5.78 Å². The molecule has 0 spiro atoms. The number of carbonyl (C=O) groups excluding carboxylic acids is 1. The Kier molecular flexibility index (Phi) is 5.09. The maximum Gasteiger partial charge on any atom is 0.198 e. The van der Waals surface area contributed by atoms with Crippen LogP contribution in [0.5, 0.6) is 0 Å². The van der Waals surface area contributed by atoms with Gasteiger partial charge in [-0.05, 0) is 24.6 Å². The van der Waals surface area contributed by atoms with Crippen LogP contribution in [0, 0.1) is 5.82 Å². The van der Waals surface area contributed by atoms with E-state index in [0.29, 0.717) is 5.56 Å². The normalized spacial score (nSPS) is 11.1. The molecule has 0 radical (unpaired) electrons. The molecule has 0 saturated heterocycles. The minimum absolute atomic E-state index is 0.131. The molecule has 0 aliphatic carbocycles. The molecule has 0 amide bonds. The van der Waals surface area contributed by atoms with Crippen molar-refractivity contribution < 1.29 is 9.18 Å². The van der Waals surface area contributed by atoms with E-state index in [9.17, 15) is 9.18 Å². The van der Waals surface area contributed by atoms with E-state index in [1.165, 1.54) is 25.3 Å². The van der Waals surface area contributed by atoms with Gasteiger partial charge in [0, 0.05) is 29.2 Å². The Hall–Kier alpha value is -2.42. The molecule has 0 unspecified atom stereocenters. The summed E-state index contributed by atoms with van der Waals surface area (Å²) in [5.74, 6) is -0.723. The molecular formula is C21H22FNO. The molecule has 1 aromatic heterocycles. The van der Waals surface area contributed by atoms with E-state index < -0.39 is 5.82 Å². The molecule has 0 fully saturated rings. The predicted molar refractivity (Wildman–Crippen MR) is 95.9 cm³/mol. The molecule has 3 rings (SSSR count). The highest BCUT2D eigenvalue weighted by molar-refractivity contribution is 6.16. The van der Waals surface area contributed by atoms with Crippen molar-refractivity contribution in [2.24, 2.45) is 0 Å². The molecule has 0 bridgehead atoms. The van der Waals surface area contributed by atoms with Crippen molar-refractivity contribution in [3.05, 3.63) is 71.7 Å². The molecule has 1 heterocycles. The first-order valence-corrected chi connectivity index (χ1v) is 8.59. The zero-order valence-corrected chi connectivity index (χ0v) is 14.0. The number of halogens is 1. The molecule has 3 aromatic rings. The number of hydrogen-bond acceptors (Lipinski definition) is 1. The highest BCUT2D eigenvalue weighted by Crippen LogP contribution is 2.25. The Morgan fingerprint density at radius 3 is 2.50 bits per heavy atom. The summed E-state index contributed by atoms with van der Waals surface area (Å²) < 4.78 is 16.1. The lowest BCUT2D eigenvalue weighted by Crippen LogP contribution is -2.03. The van der Waals surface area contributed by atoms with Crippen LogP contribution in [0.1, 0.15) is 48.5 Å². The zero-order chi connectivity index (χ0) is 16.9. The largest absolute Gasteiger partial charge is 0.347 e. The third-order valence-electron chi connectivity index (χ3n) is 4.40. The van der Waals surface area contributed by atoms with E-state index in [2.05, 4.69) is 11.5 Å². The second kappa shape index (κ2) is 7.43. The summed E-state index contributed by atoms with van der Waals surface area (Å²) in [4.78, 5) is 12.8. The summed E-state index contributed by atoms with van der Waals surface area (Å²) in [6.45, 7) is 3.07. The Bertz CT molecular complexity index is 850. The highest BCUT2D eigenvalue weighted by Gasteiger charge is 2.18. The summed E-state index contributed by atoms with van der Waals surface area (Å²) in [6.07, 6.45) is 6.56. The van der Waals surface area contributed by atoms with Gasteiger partial charge in [0.05, 0.1) is 5.56 Å². The van der Waals surface area contributed by atoms with E-state index in [4.69, 9.17) is 0 Å². The second-order valence-electron chi connectivity index (χ2n) is 6.12. The van der Waals surface area contributed by atoms with Gasteiger partial charge in [-0.3, -0.25) is 4.79 Å². The van der Waals surface area contributed by atoms with E-state index in [0.717, 1.165) is 23.9 Å². The van der Waals surface area contributed by atoms with Crippen LogP contribution in [0.3, 0.4) is 0 Å². The third kappa shape index (κ3) is 3.25. The van der Waals surface area contributed by atoms with Crippen molar-refractivity contribution in [2.45, 2.75) is 39.2 Å². The van der Waals surface area contributed by atoms with Gasteiger partial charge in [0.1, 0.15) is 5.82 Å². The predicted octanol–water partition coefficient (Wildman–Crippen LogP) is 5.59. The van der Waals surface area contributed by atoms with Gasteiger partial charge >= 0.3 is 0 Å². The molecule has 24 heavy (non-hydrogen) atoms. The Balaban J connectivity index is 1.96. The van der Waals surface area contributed by atoms with Gasteiger partial charge in [-0.15, -0.1) is 0 Å². The third-order valence-corrected chi connectivity index (χ3v) is 4.40. The minimum Gasteiger partial charge on any atom is -0.347 e. The number of unbranched alkanes of at least 4 members (excludes halogenated alkanes) is 3. The smallest absolute Gasteiger partial charge is 0.198 e. The van der Waals surface area contributed by atoms with Crippen molar-refractivity contribution in [3.8, 4) is 0 Å². The number of aryl methyl sites for hydroxylation is 1. The number of para-hydroxylation sites is 1. The Labute approximate surface area is 141 Å². The fraction of sp³-hybridized carbons (Fsp3) is 0.286. The molecule has 3 heteroatoms. The van der Waals surface area contributed by atoms with Crippen LogP contribution in [0.15, 0.2) is 54.7 Å². The van der Waals surface area contributed by atoms with Gasteiger partial charge < -0.3 is 4.57 Å². The Morgan fingerprint density at radius 2 is 1.71 bits per heavy atom. The number of carbonyl (C=O) groups is 1. The molecule has 2 nitrogen and oxygen atoms in total. The van der Waals surface area contributed by atoms with Crippen molar-refractivity contribution in [1.82, 2.24) is 4.57 Å². The van der Waals surface area contributed by atoms with Crippen molar-refractivity contribution in [1.29, 1.82) is 0 Å². The number of ketones is 1. The van der Waals surface area contributed by atoms with E-state index in [-0.39, 0.29) is 11.3 Å². The van der Waals surface area contributed by atoms with Gasteiger partial charge in [-0.25, -0.2) is 4.39 Å². The monoisotopic (exact) mass is 323 g/mol. The maximum atomic E-state index is 14.0. The van der Waals surface area contributed by atoms with E-state index in [1.807, 2.05) is 30.5 Å². The first kappa shape index (κ1) is 16.4. The fourth-order valence-electron chi connectivity index (χ4n) is 3.11.